The molecular formula is C15H13ClF3N. The van der Waals surface area contributed by atoms with Gasteiger partial charge in [-0.25, -0.2) is 0 Å². The molecule has 2 rings (SSSR count). The Balaban J connectivity index is 2.48. The van der Waals surface area contributed by atoms with Crippen molar-refractivity contribution < 1.29 is 13.2 Å². The third-order valence-electron chi connectivity index (χ3n) is 3.14. The fourth-order valence-electron chi connectivity index (χ4n) is 2.07. The van der Waals surface area contributed by atoms with Gasteiger partial charge in [-0.3, -0.25) is 0 Å². The Morgan fingerprint density at radius 2 is 1.75 bits per heavy atom. The lowest BCUT2D eigenvalue weighted by Gasteiger charge is -2.19. The van der Waals surface area contributed by atoms with E-state index in [4.69, 9.17) is 17.3 Å². The van der Waals surface area contributed by atoms with Crippen LogP contribution in [0.3, 0.4) is 0 Å². The first-order chi connectivity index (χ1) is 9.30. The van der Waals surface area contributed by atoms with E-state index >= 15 is 0 Å². The predicted molar refractivity (Wildman–Crippen MR) is 73.7 cm³/mol. The number of hydrogen-bond acceptors (Lipinski definition) is 1. The molecule has 106 valence electrons. The van der Waals surface area contributed by atoms with Gasteiger partial charge < -0.3 is 5.73 Å². The van der Waals surface area contributed by atoms with Crippen molar-refractivity contribution in [3.8, 4) is 0 Å². The smallest absolute Gasteiger partial charge is 0.320 e. The van der Waals surface area contributed by atoms with E-state index < -0.39 is 17.8 Å². The highest BCUT2D eigenvalue weighted by Gasteiger charge is 2.34. The molecule has 1 unspecified atom stereocenters. The van der Waals surface area contributed by atoms with Crippen molar-refractivity contribution in [3.05, 3.63) is 69.7 Å². The molecule has 0 saturated carbocycles. The van der Waals surface area contributed by atoms with Crippen LogP contribution in [0.5, 0.6) is 0 Å². The van der Waals surface area contributed by atoms with Crippen LogP contribution in [0, 0.1) is 6.92 Å². The number of alkyl halides is 3. The molecule has 2 aromatic rings. The number of hydrogen-bond donors (Lipinski definition) is 1. The zero-order valence-corrected chi connectivity index (χ0v) is 11.5. The SMILES string of the molecule is Cc1cc(C(N)c2ccccc2C(F)(F)F)ccc1Cl. The van der Waals surface area contributed by atoms with Crippen molar-refractivity contribution in [1.82, 2.24) is 0 Å². The third kappa shape index (κ3) is 2.97. The standard InChI is InChI=1S/C15H13ClF3N/c1-9-8-10(6-7-13(9)16)14(20)11-4-2-3-5-12(11)15(17,18)19/h2-8,14H,20H2,1H3. The summed E-state index contributed by atoms with van der Waals surface area (Å²) in [5.74, 6) is 0. The van der Waals surface area contributed by atoms with E-state index in [1.54, 1.807) is 31.2 Å². The quantitative estimate of drug-likeness (QED) is 0.853. The lowest BCUT2D eigenvalue weighted by atomic mass is 9.94. The zero-order valence-electron chi connectivity index (χ0n) is 10.7. The van der Waals surface area contributed by atoms with Crippen LogP contribution >= 0.6 is 11.6 Å². The van der Waals surface area contributed by atoms with Crippen molar-refractivity contribution >= 4 is 11.6 Å². The van der Waals surface area contributed by atoms with Gasteiger partial charge in [0.15, 0.2) is 0 Å². The van der Waals surface area contributed by atoms with Crippen LogP contribution in [0.4, 0.5) is 13.2 Å². The first-order valence-electron chi connectivity index (χ1n) is 5.98. The van der Waals surface area contributed by atoms with Crippen molar-refractivity contribution in [2.75, 3.05) is 0 Å². The molecule has 0 aliphatic heterocycles. The minimum atomic E-state index is -4.42. The number of rotatable bonds is 2. The Kier molecular flexibility index (Phi) is 4.06. The fraction of sp³-hybridized carbons (Fsp3) is 0.200. The molecule has 2 aromatic carbocycles. The van der Waals surface area contributed by atoms with Crippen LogP contribution in [-0.4, -0.2) is 0 Å². The Labute approximate surface area is 120 Å². The van der Waals surface area contributed by atoms with E-state index in [9.17, 15) is 13.2 Å². The topological polar surface area (TPSA) is 26.0 Å². The van der Waals surface area contributed by atoms with Gasteiger partial charge in [-0.1, -0.05) is 41.9 Å². The van der Waals surface area contributed by atoms with Gasteiger partial charge in [-0.15, -0.1) is 0 Å². The summed E-state index contributed by atoms with van der Waals surface area (Å²) >= 11 is 5.91. The molecule has 0 aliphatic carbocycles. The highest BCUT2D eigenvalue weighted by atomic mass is 35.5. The van der Waals surface area contributed by atoms with Gasteiger partial charge in [-0.2, -0.15) is 13.2 Å². The van der Waals surface area contributed by atoms with E-state index in [0.29, 0.717) is 10.6 Å². The summed E-state index contributed by atoms with van der Waals surface area (Å²) < 4.78 is 39.0. The van der Waals surface area contributed by atoms with Gasteiger partial charge in [0, 0.05) is 5.02 Å². The summed E-state index contributed by atoms with van der Waals surface area (Å²) in [6.45, 7) is 1.79. The maximum atomic E-state index is 13.0. The molecule has 0 fully saturated rings. The maximum absolute atomic E-state index is 13.0. The van der Waals surface area contributed by atoms with E-state index in [2.05, 4.69) is 0 Å². The van der Waals surface area contributed by atoms with Crippen LogP contribution in [0.1, 0.15) is 28.3 Å². The second-order valence-electron chi connectivity index (χ2n) is 4.57. The molecule has 5 heteroatoms. The normalized spacial score (nSPS) is 13.3. The second kappa shape index (κ2) is 5.46. The minimum absolute atomic E-state index is 0.0572. The van der Waals surface area contributed by atoms with Gasteiger partial charge in [-0.05, 0) is 35.7 Å². The van der Waals surface area contributed by atoms with E-state index in [1.165, 1.54) is 12.1 Å². The van der Waals surface area contributed by atoms with Crippen LogP contribution < -0.4 is 5.73 Å². The highest BCUT2D eigenvalue weighted by molar-refractivity contribution is 6.31. The van der Waals surface area contributed by atoms with Crippen molar-refractivity contribution in [2.45, 2.75) is 19.1 Å². The molecule has 0 saturated heterocycles. The summed E-state index contributed by atoms with van der Waals surface area (Å²) in [5.41, 5.74) is 6.72. The van der Waals surface area contributed by atoms with Crippen molar-refractivity contribution in [3.63, 3.8) is 0 Å². The molecule has 0 radical (unpaired) electrons. The molecule has 0 aromatic heterocycles. The van der Waals surface area contributed by atoms with E-state index in [1.807, 2.05) is 0 Å². The summed E-state index contributed by atoms with van der Waals surface area (Å²) in [5, 5.41) is 0.560. The van der Waals surface area contributed by atoms with Gasteiger partial charge in [0.25, 0.3) is 0 Å². The van der Waals surface area contributed by atoms with Crippen LogP contribution in [0.2, 0.25) is 5.02 Å². The molecule has 0 amide bonds. The van der Waals surface area contributed by atoms with Gasteiger partial charge >= 0.3 is 6.18 Å². The molecule has 0 aliphatic rings. The van der Waals surface area contributed by atoms with E-state index in [0.717, 1.165) is 11.6 Å². The Morgan fingerprint density at radius 3 is 2.35 bits per heavy atom. The van der Waals surface area contributed by atoms with Gasteiger partial charge in [0.1, 0.15) is 0 Å². The summed E-state index contributed by atoms with van der Waals surface area (Å²) in [6.07, 6.45) is -4.42. The molecule has 0 heterocycles. The Hall–Kier alpha value is -1.52. The largest absolute Gasteiger partial charge is 0.416 e. The zero-order chi connectivity index (χ0) is 14.9. The van der Waals surface area contributed by atoms with Crippen molar-refractivity contribution in [1.29, 1.82) is 0 Å². The molecule has 20 heavy (non-hydrogen) atoms. The molecule has 0 spiro atoms. The summed E-state index contributed by atoms with van der Waals surface area (Å²) in [4.78, 5) is 0. The highest BCUT2D eigenvalue weighted by Crippen LogP contribution is 2.36. The first-order valence-corrected chi connectivity index (χ1v) is 6.36. The molecule has 1 atom stereocenters. The summed E-state index contributed by atoms with van der Waals surface area (Å²) in [6, 6.07) is 9.49. The number of nitrogens with two attached hydrogens (primary N) is 1. The first kappa shape index (κ1) is 14.9. The maximum Gasteiger partial charge on any atom is 0.416 e. The van der Waals surface area contributed by atoms with E-state index in [-0.39, 0.29) is 5.56 Å². The lowest BCUT2D eigenvalue weighted by Crippen LogP contribution is -2.18. The van der Waals surface area contributed by atoms with Crippen LogP contribution in [-0.2, 0) is 6.18 Å². The van der Waals surface area contributed by atoms with Crippen LogP contribution in [0.15, 0.2) is 42.5 Å². The summed E-state index contributed by atoms with van der Waals surface area (Å²) in [7, 11) is 0. The predicted octanol–water partition coefficient (Wildman–Crippen LogP) is 4.72. The Bertz CT molecular complexity index is 623. The number of aryl methyl sites for hydroxylation is 1. The van der Waals surface area contributed by atoms with Crippen molar-refractivity contribution in [2.24, 2.45) is 5.73 Å². The third-order valence-corrected chi connectivity index (χ3v) is 3.57. The second-order valence-corrected chi connectivity index (χ2v) is 4.98. The minimum Gasteiger partial charge on any atom is -0.320 e. The van der Waals surface area contributed by atoms with Crippen LogP contribution in [0.25, 0.3) is 0 Å². The number of benzene rings is 2. The molecular weight excluding hydrogens is 287 g/mol. The Morgan fingerprint density at radius 1 is 1.10 bits per heavy atom. The molecule has 0 bridgehead atoms. The van der Waals surface area contributed by atoms with Gasteiger partial charge in [0.05, 0.1) is 11.6 Å². The monoisotopic (exact) mass is 299 g/mol. The lowest BCUT2D eigenvalue weighted by molar-refractivity contribution is -0.138. The van der Waals surface area contributed by atoms with Gasteiger partial charge in [0.2, 0.25) is 0 Å². The fourth-order valence-corrected chi connectivity index (χ4v) is 2.18. The molecule has 1 nitrogen and oxygen atoms in total. The molecule has 2 N–H and O–H groups in total. The number of halogens is 4. The average molecular weight is 300 g/mol. The average Bonchev–Trinajstić information content (AvgIpc) is 2.40.